The smallest absolute Gasteiger partial charge is 0.306 e. The van der Waals surface area contributed by atoms with E-state index < -0.39 is 0 Å². The fourth-order valence-electron chi connectivity index (χ4n) is 1.12. The van der Waals surface area contributed by atoms with Gasteiger partial charge in [0, 0.05) is 16.5 Å². The molecule has 0 spiro atoms. The molecule has 0 N–H and O–H groups in total. The van der Waals surface area contributed by atoms with Crippen molar-refractivity contribution in [2.75, 3.05) is 6.61 Å². The molecule has 0 bridgehead atoms. The molecule has 0 aromatic heterocycles. The molecule has 0 unspecified atom stereocenters. The molecule has 16 heavy (non-hydrogen) atoms. The van der Waals surface area contributed by atoms with Crippen LogP contribution in [0.5, 0.6) is 0 Å². The first-order chi connectivity index (χ1) is 7.74. The molecule has 0 aliphatic carbocycles. The van der Waals surface area contributed by atoms with Gasteiger partial charge >= 0.3 is 5.97 Å². The summed E-state index contributed by atoms with van der Waals surface area (Å²) in [6, 6.07) is 7.74. The first-order valence-electron chi connectivity index (χ1n) is 5.13. The Balaban J connectivity index is 2.44. The quantitative estimate of drug-likeness (QED) is 0.628. The lowest BCUT2D eigenvalue weighted by atomic mass is 10.2. The van der Waals surface area contributed by atoms with Crippen LogP contribution in [0.25, 0.3) is 0 Å². The standard InChI is InChI=1S/C13H13BrO2/c1-2-16-13(15)10-6-4-8-11-7-3-5-9-12(11)14/h3,5,7,9H,2,6,10H2,1H3. The van der Waals surface area contributed by atoms with Crippen molar-refractivity contribution in [2.45, 2.75) is 19.8 Å². The minimum Gasteiger partial charge on any atom is -0.466 e. The van der Waals surface area contributed by atoms with E-state index in [9.17, 15) is 4.79 Å². The largest absolute Gasteiger partial charge is 0.466 e. The van der Waals surface area contributed by atoms with E-state index >= 15 is 0 Å². The van der Waals surface area contributed by atoms with Crippen LogP contribution >= 0.6 is 15.9 Å². The second-order valence-electron chi connectivity index (χ2n) is 3.09. The Morgan fingerprint density at radius 1 is 1.44 bits per heavy atom. The summed E-state index contributed by atoms with van der Waals surface area (Å²) < 4.78 is 5.77. The van der Waals surface area contributed by atoms with Crippen molar-refractivity contribution in [1.82, 2.24) is 0 Å². The van der Waals surface area contributed by atoms with Crippen LogP contribution in [0.3, 0.4) is 0 Å². The Hall–Kier alpha value is -1.27. The molecule has 2 nitrogen and oxygen atoms in total. The monoisotopic (exact) mass is 280 g/mol. The molecule has 1 rings (SSSR count). The average molecular weight is 281 g/mol. The highest BCUT2D eigenvalue weighted by Gasteiger charge is 1.98. The Labute approximate surface area is 104 Å². The Morgan fingerprint density at radius 3 is 2.88 bits per heavy atom. The van der Waals surface area contributed by atoms with Gasteiger partial charge < -0.3 is 4.74 Å². The number of hydrogen-bond acceptors (Lipinski definition) is 2. The molecule has 0 amide bonds. The predicted molar refractivity (Wildman–Crippen MR) is 66.9 cm³/mol. The van der Waals surface area contributed by atoms with Crippen LogP contribution in [0, 0.1) is 11.8 Å². The molecule has 3 heteroatoms. The summed E-state index contributed by atoms with van der Waals surface area (Å²) in [6.07, 6.45) is 0.880. The zero-order valence-corrected chi connectivity index (χ0v) is 10.7. The summed E-state index contributed by atoms with van der Waals surface area (Å²) in [6.45, 7) is 2.22. The molecule has 1 aromatic carbocycles. The fraction of sp³-hybridized carbons (Fsp3) is 0.308. The summed E-state index contributed by atoms with van der Waals surface area (Å²) in [5, 5.41) is 0. The van der Waals surface area contributed by atoms with Gasteiger partial charge in [0.25, 0.3) is 0 Å². The number of carbonyl (C=O) groups excluding carboxylic acids is 1. The number of esters is 1. The maximum atomic E-state index is 11.0. The van der Waals surface area contributed by atoms with Crippen molar-refractivity contribution in [1.29, 1.82) is 0 Å². The molecule has 0 aliphatic rings. The van der Waals surface area contributed by atoms with Crippen molar-refractivity contribution in [3.63, 3.8) is 0 Å². The summed E-state index contributed by atoms with van der Waals surface area (Å²) in [5.74, 6) is 5.77. The molecule has 0 saturated heterocycles. The van der Waals surface area contributed by atoms with E-state index in [0.717, 1.165) is 10.0 Å². The molecule has 84 valence electrons. The molecule has 0 radical (unpaired) electrons. The molecule has 0 aliphatic heterocycles. The second-order valence-corrected chi connectivity index (χ2v) is 3.94. The third-order valence-corrected chi connectivity index (χ3v) is 2.55. The maximum absolute atomic E-state index is 11.0. The van der Waals surface area contributed by atoms with Gasteiger partial charge in [-0.3, -0.25) is 4.79 Å². The van der Waals surface area contributed by atoms with Crippen LogP contribution in [0.1, 0.15) is 25.3 Å². The number of benzene rings is 1. The normalized spacial score (nSPS) is 9.12. The van der Waals surface area contributed by atoms with Crippen LogP contribution in [-0.4, -0.2) is 12.6 Å². The zero-order chi connectivity index (χ0) is 11.8. The maximum Gasteiger partial charge on any atom is 0.306 e. The topological polar surface area (TPSA) is 26.3 Å². The predicted octanol–water partition coefficient (Wildman–Crippen LogP) is 3.14. The summed E-state index contributed by atoms with van der Waals surface area (Å²) in [4.78, 5) is 11.0. The first-order valence-corrected chi connectivity index (χ1v) is 5.92. The van der Waals surface area contributed by atoms with E-state index in [0.29, 0.717) is 19.4 Å². The van der Waals surface area contributed by atoms with Gasteiger partial charge in [0.05, 0.1) is 13.0 Å². The number of ether oxygens (including phenoxy) is 1. The summed E-state index contributed by atoms with van der Waals surface area (Å²) in [5.41, 5.74) is 0.936. The van der Waals surface area contributed by atoms with Crippen molar-refractivity contribution >= 4 is 21.9 Å². The third kappa shape index (κ3) is 4.50. The van der Waals surface area contributed by atoms with Gasteiger partial charge in [0.15, 0.2) is 0 Å². The van der Waals surface area contributed by atoms with E-state index in [1.807, 2.05) is 24.3 Å². The number of halogens is 1. The van der Waals surface area contributed by atoms with E-state index in [2.05, 4.69) is 27.8 Å². The van der Waals surface area contributed by atoms with E-state index in [1.165, 1.54) is 0 Å². The number of hydrogen-bond donors (Lipinski definition) is 0. The lowest BCUT2D eigenvalue weighted by Crippen LogP contribution is -2.02. The molecule has 0 heterocycles. The van der Waals surface area contributed by atoms with Gasteiger partial charge in [0.2, 0.25) is 0 Å². The highest BCUT2D eigenvalue weighted by atomic mass is 79.9. The van der Waals surface area contributed by atoms with E-state index in [1.54, 1.807) is 6.92 Å². The third-order valence-electron chi connectivity index (χ3n) is 1.86. The second kappa shape index (κ2) is 7.08. The van der Waals surface area contributed by atoms with Crippen LogP contribution in [0.15, 0.2) is 28.7 Å². The Morgan fingerprint density at radius 2 is 2.19 bits per heavy atom. The van der Waals surface area contributed by atoms with Crippen LogP contribution in [-0.2, 0) is 9.53 Å². The minimum atomic E-state index is -0.191. The van der Waals surface area contributed by atoms with Gasteiger partial charge in [-0.05, 0) is 35.0 Å². The lowest BCUT2D eigenvalue weighted by Gasteiger charge is -1.97. The minimum absolute atomic E-state index is 0.191. The zero-order valence-electron chi connectivity index (χ0n) is 9.13. The number of rotatable bonds is 3. The summed E-state index contributed by atoms with van der Waals surface area (Å²) in [7, 11) is 0. The van der Waals surface area contributed by atoms with Gasteiger partial charge in [-0.2, -0.15) is 0 Å². The van der Waals surface area contributed by atoms with Gasteiger partial charge in [-0.25, -0.2) is 0 Å². The molecule has 0 fully saturated rings. The van der Waals surface area contributed by atoms with E-state index in [4.69, 9.17) is 4.74 Å². The van der Waals surface area contributed by atoms with Gasteiger partial charge in [-0.1, -0.05) is 24.0 Å². The fourth-order valence-corrected chi connectivity index (χ4v) is 1.50. The highest BCUT2D eigenvalue weighted by Crippen LogP contribution is 2.14. The SMILES string of the molecule is CCOC(=O)CCC#Cc1ccccc1Br. The van der Waals surface area contributed by atoms with E-state index in [-0.39, 0.29) is 5.97 Å². The van der Waals surface area contributed by atoms with Gasteiger partial charge in [0.1, 0.15) is 0 Å². The van der Waals surface area contributed by atoms with Crippen LogP contribution < -0.4 is 0 Å². The van der Waals surface area contributed by atoms with Crippen molar-refractivity contribution in [3.8, 4) is 11.8 Å². The Bertz CT molecular complexity index is 415. The van der Waals surface area contributed by atoms with Crippen LogP contribution in [0.2, 0.25) is 0 Å². The molecular weight excluding hydrogens is 268 g/mol. The Kier molecular flexibility index (Phi) is 5.66. The average Bonchev–Trinajstić information content (AvgIpc) is 2.27. The molecule has 0 saturated carbocycles. The summed E-state index contributed by atoms with van der Waals surface area (Å²) >= 11 is 3.41. The lowest BCUT2D eigenvalue weighted by molar-refractivity contribution is -0.142. The highest BCUT2D eigenvalue weighted by molar-refractivity contribution is 9.10. The van der Waals surface area contributed by atoms with Crippen LogP contribution in [0.4, 0.5) is 0 Å². The van der Waals surface area contributed by atoms with Crippen molar-refractivity contribution < 1.29 is 9.53 Å². The van der Waals surface area contributed by atoms with Gasteiger partial charge in [-0.15, -0.1) is 0 Å². The first kappa shape index (κ1) is 12.8. The molecule has 1 aromatic rings. The molecule has 0 atom stereocenters. The van der Waals surface area contributed by atoms with Crippen molar-refractivity contribution in [2.24, 2.45) is 0 Å². The molecular formula is C13H13BrO2. The van der Waals surface area contributed by atoms with Crippen molar-refractivity contribution in [3.05, 3.63) is 34.3 Å². The number of carbonyl (C=O) groups is 1.